The van der Waals surface area contributed by atoms with Crippen LogP contribution in [0.2, 0.25) is 0 Å². The standard InChI is InChI=1S/C26H21N3O4S/c1-31-20-13-14-21(32-2)24-23(20)27-26(34-24)29(16-17-9-5-3-6-10-17)25(30)19-15-22(33-28-19)18-11-7-4-8-12-18/h3-15H,16H2,1-2H3. The molecule has 5 rings (SSSR count). The zero-order valence-electron chi connectivity index (χ0n) is 18.6. The Bertz CT molecular complexity index is 1390. The minimum atomic E-state index is -0.313. The summed E-state index contributed by atoms with van der Waals surface area (Å²) in [5.74, 6) is 1.49. The maximum atomic E-state index is 13.7. The summed E-state index contributed by atoms with van der Waals surface area (Å²) in [5.41, 5.74) is 2.64. The molecule has 1 amide bonds. The van der Waals surface area contributed by atoms with Gasteiger partial charge in [0.1, 0.15) is 21.7 Å². The van der Waals surface area contributed by atoms with E-state index in [-0.39, 0.29) is 11.6 Å². The van der Waals surface area contributed by atoms with Crippen molar-refractivity contribution < 1.29 is 18.8 Å². The molecule has 7 nitrogen and oxygen atoms in total. The molecule has 0 aliphatic rings. The van der Waals surface area contributed by atoms with Crippen LogP contribution in [-0.2, 0) is 6.54 Å². The summed E-state index contributed by atoms with van der Waals surface area (Å²) in [4.78, 5) is 20.1. The number of nitrogens with zero attached hydrogens (tertiary/aromatic N) is 3. The molecule has 0 spiro atoms. The van der Waals surface area contributed by atoms with Gasteiger partial charge in [0, 0.05) is 11.6 Å². The lowest BCUT2D eigenvalue weighted by Crippen LogP contribution is -2.30. The van der Waals surface area contributed by atoms with Crippen LogP contribution in [0.5, 0.6) is 11.5 Å². The monoisotopic (exact) mass is 471 g/mol. The summed E-state index contributed by atoms with van der Waals surface area (Å²) in [5, 5.41) is 4.57. The van der Waals surface area contributed by atoms with Crippen molar-refractivity contribution in [2.75, 3.05) is 19.1 Å². The van der Waals surface area contributed by atoms with Crippen LogP contribution in [0.3, 0.4) is 0 Å². The molecule has 0 bridgehead atoms. The number of methoxy groups -OCH3 is 2. The summed E-state index contributed by atoms with van der Waals surface area (Å²) >= 11 is 1.36. The van der Waals surface area contributed by atoms with Gasteiger partial charge in [0.15, 0.2) is 16.6 Å². The Labute approximate surface area is 200 Å². The molecule has 2 aromatic heterocycles. The molecule has 34 heavy (non-hydrogen) atoms. The van der Waals surface area contributed by atoms with E-state index in [1.807, 2.05) is 66.7 Å². The lowest BCUT2D eigenvalue weighted by molar-refractivity contribution is 0.0976. The molecule has 0 saturated carbocycles. The molecule has 0 aliphatic heterocycles. The van der Waals surface area contributed by atoms with E-state index in [2.05, 4.69) is 5.16 Å². The average Bonchev–Trinajstić information content (AvgIpc) is 3.56. The first kappa shape index (κ1) is 21.7. The van der Waals surface area contributed by atoms with Gasteiger partial charge in [-0.2, -0.15) is 0 Å². The number of carbonyl (C=O) groups is 1. The van der Waals surface area contributed by atoms with Crippen molar-refractivity contribution in [1.29, 1.82) is 0 Å². The molecule has 2 heterocycles. The molecular formula is C26H21N3O4S. The molecule has 0 aliphatic carbocycles. The third-order valence-electron chi connectivity index (χ3n) is 5.35. The van der Waals surface area contributed by atoms with Gasteiger partial charge in [0.2, 0.25) is 0 Å². The Morgan fingerprint density at radius 3 is 2.32 bits per heavy atom. The van der Waals surface area contributed by atoms with E-state index < -0.39 is 0 Å². The number of benzene rings is 3. The average molecular weight is 472 g/mol. The van der Waals surface area contributed by atoms with Crippen LogP contribution in [0.15, 0.2) is 83.4 Å². The van der Waals surface area contributed by atoms with Gasteiger partial charge in [-0.25, -0.2) is 4.98 Å². The van der Waals surface area contributed by atoms with Crippen LogP contribution in [0.4, 0.5) is 5.13 Å². The number of anilines is 1. The molecule has 170 valence electrons. The number of hydrogen-bond donors (Lipinski definition) is 0. The van der Waals surface area contributed by atoms with Crippen molar-refractivity contribution in [3.05, 3.63) is 90.1 Å². The zero-order valence-corrected chi connectivity index (χ0v) is 19.4. The topological polar surface area (TPSA) is 77.7 Å². The highest BCUT2D eigenvalue weighted by molar-refractivity contribution is 7.22. The highest BCUT2D eigenvalue weighted by atomic mass is 32.1. The number of amides is 1. The molecule has 3 aromatic carbocycles. The predicted octanol–water partition coefficient (Wildman–Crippen LogP) is 5.82. The number of carbonyl (C=O) groups excluding carboxylic acids is 1. The van der Waals surface area contributed by atoms with E-state index in [1.54, 1.807) is 31.3 Å². The molecule has 0 unspecified atom stereocenters. The quantitative estimate of drug-likeness (QED) is 0.298. The largest absolute Gasteiger partial charge is 0.495 e. The van der Waals surface area contributed by atoms with E-state index in [1.165, 1.54) is 11.3 Å². The molecule has 0 radical (unpaired) electrons. The van der Waals surface area contributed by atoms with E-state index >= 15 is 0 Å². The van der Waals surface area contributed by atoms with E-state index in [0.29, 0.717) is 34.5 Å². The summed E-state index contributed by atoms with van der Waals surface area (Å²) < 4.78 is 17.3. The fourth-order valence-electron chi connectivity index (χ4n) is 3.63. The van der Waals surface area contributed by atoms with E-state index in [0.717, 1.165) is 15.8 Å². The lowest BCUT2D eigenvalue weighted by atomic mass is 10.1. The van der Waals surface area contributed by atoms with E-state index in [9.17, 15) is 4.79 Å². The maximum Gasteiger partial charge on any atom is 0.282 e. The molecule has 8 heteroatoms. The predicted molar refractivity (Wildman–Crippen MR) is 132 cm³/mol. The van der Waals surface area contributed by atoms with Crippen LogP contribution < -0.4 is 14.4 Å². The normalized spacial score (nSPS) is 10.9. The summed E-state index contributed by atoms with van der Waals surface area (Å²) in [7, 11) is 3.20. The van der Waals surface area contributed by atoms with Gasteiger partial charge in [-0.15, -0.1) is 0 Å². The number of hydrogen-bond acceptors (Lipinski definition) is 7. The Hall–Kier alpha value is -4.17. The molecule has 0 atom stereocenters. The van der Waals surface area contributed by atoms with Crippen molar-refractivity contribution in [3.63, 3.8) is 0 Å². The zero-order chi connectivity index (χ0) is 23.5. The van der Waals surface area contributed by atoms with Gasteiger partial charge in [-0.1, -0.05) is 77.2 Å². The minimum absolute atomic E-state index is 0.202. The third kappa shape index (κ3) is 4.11. The van der Waals surface area contributed by atoms with Gasteiger partial charge < -0.3 is 14.0 Å². The van der Waals surface area contributed by atoms with Gasteiger partial charge in [0.25, 0.3) is 5.91 Å². The molecule has 5 aromatic rings. The van der Waals surface area contributed by atoms with Crippen LogP contribution in [0, 0.1) is 0 Å². The molecular weight excluding hydrogens is 450 g/mol. The SMILES string of the molecule is COc1ccc(OC)c2sc(N(Cc3ccccc3)C(=O)c3cc(-c4ccccc4)on3)nc12. The van der Waals surface area contributed by atoms with Crippen molar-refractivity contribution in [3.8, 4) is 22.8 Å². The highest BCUT2D eigenvalue weighted by Crippen LogP contribution is 2.40. The second kappa shape index (κ2) is 9.36. The summed E-state index contributed by atoms with van der Waals surface area (Å²) in [6.45, 7) is 0.317. The Morgan fingerprint density at radius 2 is 1.62 bits per heavy atom. The number of fused-ring (bicyclic) bond motifs is 1. The Balaban J connectivity index is 1.58. The van der Waals surface area contributed by atoms with Crippen molar-refractivity contribution in [2.45, 2.75) is 6.54 Å². The van der Waals surface area contributed by atoms with Crippen molar-refractivity contribution >= 4 is 32.6 Å². The molecule has 0 N–H and O–H groups in total. The number of thiazole rings is 1. The number of aromatic nitrogens is 2. The fourth-order valence-corrected chi connectivity index (χ4v) is 4.71. The second-order valence-corrected chi connectivity index (χ2v) is 8.44. The van der Waals surface area contributed by atoms with Crippen LogP contribution in [-0.4, -0.2) is 30.3 Å². The van der Waals surface area contributed by atoms with Crippen LogP contribution >= 0.6 is 11.3 Å². The number of rotatable bonds is 7. The third-order valence-corrected chi connectivity index (χ3v) is 6.44. The van der Waals surface area contributed by atoms with Gasteiger partial charge in [0.05, 0.1) is 20.8 Å². The maximum absolute atomic E-state index is 13.7. The Morgan fingerprint density at radius 1 is 0.941 bits per heavy atom. The smallest absolute Gasteiger partial charge is 0.282 e. The minimum Gasteiger partial charge on any atom is -0.495 e. The van der Waals surface area contributed by atoms with Gasteiger partial charge >= 0.3 is 0 Å². The first-order valence-electron chi connectivity index (χ1n) is 10.6. The first-order chi connectivity index (χ1) is 16.7. The van der Waals surface area contributed by atoms with Crippen molar-refractivity contribution in [2.24, 2.45) is 0 Å². The number of ether oxygens (including phenoxy) is 2. The lowest BCUT2D eigenvalue weighted by Gasteiger charge is -2.18. The second-order valence-electron chi connectivity index (χ2n) is 7.46. The fraction of sp³-hybridized carbons (Fsp3) is 0.115. The molecule has 0 fully saturated rings. The van der Waals surface area contributed by atoms with Crippen LogP contribution in [0.25, 0.3) is 21.5 Å². The first-order valence-corrected chi connectivity index (χ1v) is 11.4. The van der Waals surface area contributed by atoms with Crippen LogP contribution in [0.1, 0.15) is 16.1 Å². The van der Waals surface area contributed by atoms with Gasteiger partial charge in [-0.3, -0.25) is 9.69 Å². The van der Waals surface area contributed by atoms with Gasteiger partial charge in [-0.05, 0) is 17.7 Å². The Kier molecular flexibility index (Phi) is 5.97. The van der Waals surface area contributed by atoms with E-state index in [4.69, 9.17) is 19.0 Å². The summed E-state index contributed by atoms with van der Waals surface area (Å²) in [6.07, 6.45) is 0. The molecule has 0 saturated heterocycles. The summed E-state index contributed by atoms with van der Waals surface area (Å²) in [6, 6.07) is 24.6. The highest BCUT2D eigenvalue weighted by Gasteiger charge is 2.26. The van der Waals surface area contributed by atoms with Crippen molar-refractivity contribution in [1.82, 2.24) is 10.1 Å².